The summed E-state index contributed by atoms with van der Waals surface area (Å²) in [6.07, 6.45) is 0. The van der Waals surface area contributed by atoms with Gasteiger partial charge >= 0.3 is 0 Å². The molecule has 0 spiro atoms. The normalized spacial score (nSPS) is 10.7. The molecule has 1 heterocycles. The van der Waals surface area contributed by atoms with E-state index in [4.69, 9.17) is 11.6 Å². The van der Waals surface area contributed by atoms with Crippen LogP contribution in [0.2, 0.25) is 5.02 Å². The van der Waals surface area contributed by atoms with Crippen LogP contribution in [-0.4, -0.2) is 4.92 Å². The number of nitrogens with zero attached hydrogens (tertiary/aromatic N) is 1. The van der Waals surface area contributed by atoms with E-state index in [9.17, 15) is 10.1 Å². The van der Waals surface area contributed by atoms with Gasteiger partial charge in [-0.3, -0.25) is 10.1 Å². The highest BCUT2D eigenvalue weighted by molar-refractivity contribution is 9.10. The van der Waals surface area contributed by atoms with E-state index in [2.05, 4.69) is 15.9 Å². The predicted octanol–water partition coefficient (Wildman–Crippen LogP) is 4.23. The van der Waals surface area contributed by atoms with Crippen molar-refractivity contribution in [1.29, 1.82) is 0 Å². The molecule has 0 saturated carbocycles. The van der Waals surface area contributed by atoms with Gasteiger partial charge in [-0.1, -0.05) is 11.6 Å². The Kier molecular flexibility index (Phi) is 2.47. The van der Waals surface area contributed by atoms with Gasteiger partial charge in [0.15, 0.2) is 0 Å². The van der Waals surface area contributed by atoms with Crippen LogP contribution in [0, 0.1) is 10.1 Å². The van der Waals surface area contributed by atoms with Gasteiger partial charge in [0.05, 0.1) is 25.4 Å². The number of rotatable bonds is 1. The minimum absolute atomic E-state index is 0.111. The second-order valence-electron chi connectivity index (χ2n) is 2.62. The smallest absolute Gasteiger partial charge is 0.258 e. The molecule has 0 amide bonds. The SMILES string of the molecule is O=[N+]([O-])c1csc2c(Cl)c(Br)ccc12. The van der Waals surface area contributed by atoms with Crippen molar-refractivity contribution in [3.8, 4) is 0 Å². The number of halogens is 2. The summed E-state index contributed by atoms with van der Waals surface area (Å²) in [7, 11) is 0. The fourth-order valence-corrected chi connectivity index (χ4v) is 2.88. The summed E-state index contributed by atoms with van der Waals surface area (Å²) in [5.74, 6) is 0. The molecule has 0 unspecified atom stereocenters. The third-order valence-electron chi connectivity index (χ3n) is 1.81. The third-order valence-corrected chi connectivity index (χ3v) is 4.21. The first kappa shape index (κ1) is 9.89. The molecule has 2 rings (SSSR count). The standard InChI is InChI=1S/C8H3BrClNO2S/c9-5-2-1-4-6(11(12)13)3-14-8(4)7(5)10/h1-3H. The van der Waals surface area contributed by atoms with Gasteiger partial charge in [-0.05, 0) is 28.1 Å². The number of nitro groups is 1. The Hall–Kier alpha value is -0.650. The third kappa shape index (κ3) is 1.41. The molecule has 3 nitrogen and oxygen atoms in total. The lowest BCUT2D eigenvalue weighted by Crippen LogP contribution is -1.84. The first-order valence-corrected chi connectivity index (χ1v) is 5.66. The monoisotopic (exact) mass is 291 g/mol. The van der Waals surface area contributed by atoms with E-state index in [0.717, 1.165) is 9.17 Å². The van der Waals surface area contributed by atoms with Crippen LogP contribution >= 0.6 is 38.9 Å². The molecule has 14 heavy (non-hydrogen) atoms. The summed E-state index contributed by atoms with van der Waals surface area (Å²) < 4.78 is 1.50. The lowest BCUT2D eigenvalue weighted by Gasteiger charge is -1.95. The summed E-state index contributed by atoms with van der Waals surface area (Å²) in [6.45, 7) is 0. The minimum atomic E-state index is -0.400. The largest absolute Gasteiger partial charge is 0.287 e. The lowest BCUT2D eigenvalue weighted by atomic mass is 10.2. The van der Waals surface area contributed by atoms with Crippen molar-refractivity contribution < 1.29 is 4.92 Å². The van der Waals surface area contributed by atoms with Crippen LogP contribution in [0.3, 0.4) is 0 Å². The van der Waals surface area contributed by atoms with Crippen LogP contribution in [-0.2, 0) is 0 Å². The highest BCUT2D eigenvalue weighted by Crippen LogP contribution is 2.39. The van der Waals surface area contributed by atoms with Crippen molar-refractivity contribution in [3.05, 3.63) is 37.1 Å². The number of hydrogen-bond donors (Lipinski definition) is 0. The quantitative estimate of drug-likeness (QED) is 0.583. The Bertz CT molecular complexity index is 525. The van der Waals surface area contributed by atoms with Crippen molar-refractivity contribution in [2.24, 2.45) is 0 Å². The zero-order valence-corrected chi connectivity index (χ0v) is 9.82. The van der Waals surface area contributed by atoms with Crippen molar-refractivity contribution in [2.45, 2.75) is 0 Å². The van der Waals surface area contributed by atoms with E-state index in [0.29, 0.717) is 10.4 Å². The molecule has 0 aliphatic carbocycles. The van der Waals surface area contributed by atoms with Gasteiger partial charge in [-0.15, -0.1) is 11.3 Å². The van der Waals surface area contributed by atoms with E-state index >= 15 is 0 Å². The summed E-state index contributed by atoms with van der Waals surface area (Å²) in [4.78, 5) is 10.2. The highest BCUT2D eigenvalue weighted by Gasteiger charge is 2.16. The molecule has 0 aliphatic rings. The van der Waals surface area contributed by atoms with Crippen molar-refractivity contribution in [1.82, 2.24) is 0 Å². The fraction of sp³-hybridized carbons (Fsp3) is 0. The Labute approximate surface area is 96.6 Å². The minimum Gasteiger partial charge on any atom is -0.258 e. The van der Waals surface area contributed by atoms with Gasteiger partial charge in [-0.2, -0.15) is 0 Å². The number of benzene rings is 1. The molecule has 2 aromatic rings. The zero-order chi connectivity index (χ0) is 10.3. The molecule has 0 saturated heterocycles. The topological polar surface area (TPSA) is 43.1 Å². The Morgan fingerprint density at radius 1 is 1.50 bits per heavy atom. The lowest BCUT2D eigenvalue weighted by molar-refractivity contribution is -0.382. The molecule has 6 heteroatoms. The molecular weight excluding hydrogens is 290 g/mol. The maximum atomic E-state index is 10.6. The molecule has 0 atom stereocenters. The first-order chi connectivity index (χ1) is 6.61. The second kappa shape index (κ2) is 3.49. The highest BCUT2D eigenvalue weighted by atomic mass is 79.9. The molecule has 1 aromatic heterocycles. The van der Waals surface area contributed by atoms with Gasteiger partial charge in [0.1, 0.15) is 0 Å². The van der Waals surface area contributed by atoms with Crippen LogP contribution in [0.5, 0.6) is 0 Å². The van der Waals surface area contributed by atoms with E-state index in [1.807, 2.05) is 0 Å². The summed E-state index contributed by atoms with van der Waals surface area (Å²) in [5.41, 5.74) is 0.111. The second-order valence-corrected chi connectivity index (χ2v) is 4.73. The molecular formula is C8H3BrClNO2S. The Balaban J connectivity index is 2.83. The number of fused-ring (bicyclic) bond motifs is 1. The van der Waals surface area contributed by atoms with Gasteiger partial charge in [-0.25, -0.2) is 0 Å². The van der Waals surface area contributed by atoms with Crippen LogP contribution in [0.4, 0.5) is 5.69 Å². The van der Waals surface area contributed by atoms with Crippen LogP contribution < -0.4 is 0 Å². The molecule has 0 fully saturated rings. The predicted molar refractivity (Wildman–Crippen MR) is 61.2 cm³/mol. The molecule has 72 valence electrons. The zero-order valence-electron chi connectivity index (χ0n) is 6.66. The Morgan fingerprint density at radius 3 is 2.86 bits per heavy atom. The fourth-order valence-electron chi connectivity index (χ4n) is 1.17. The molecule has 1 aromatic carbocycles. The average Bonchev–Trinajstić information content (AvgIpc) is 2.55. The Morgan fingerprint density at radius 2 is 2.21 bits per heavy atom. The molecule has 0 N–H and O–H groups in total. The van der Waals surface area contributed by atoms with Gasteiger partial charge in [0.2, 0.25) is 0 Å². The molecule has 0 bridgehead atoms. The summed E-state index contributed by atoms with van der Waals surface area (Å²) in [5, 5.41) is 13.3. The summed E-state index contributed by atoms with van der Waals surface area (Å²) in [6, 6.07) is 3.41. The maximum absolute atomic E-state index is 10.6. The average molecular weight is 293 g/mol. The van der Waals surface area contributed by atoms with Gasteiger partial charge in [0, 0.05) is 4.47 Å². The maximum Gasteiger partial charge on any atom is 0.287 e. The van der Waals surface area contributed by atoms with Crippen LogP contribution in [0.25, 0.3) is 10.1 Å². The van der Waals surface area contributed by atoms with Gasteiger partial charge < -0.3 is 0 Å². The number of thiophene rings is 1. The van der Waals surface area contributed by atoms with E-state index < -0.39 is 4.92 Å². The molecule has 0 aliphatic heterocycles. The first-order valence-electron chi connectivity index (χ1n) is 3.61. The van der Waals surface area contributed by atoms with E-state index in [1.165, 1.54) is 16.7 Å². The van der Waals surface area contributed by atoms with Crippen molar-refractivity contribution >= 4 is 54.6 Å². The number of hydrogen-bond acceptors (Lipinski definition) is 3. The van der Waals surface area contributed by atoms with Gasteiger partial charge in [0.25, 0.3) is 5.69 Å². The van der Waals surface area contributed by atoms with E-state index in [-0.39, 0.29) is 5.69 Å². The van der Waals surface area contributed by atoms with Crippen molar-refractivity contribution in [3.63, 3.8) is 0 Å². The van der Waals surface area contributed by atoms with Crippen LogP contribution in [0.1, 0.15) is 0 Å². The summed E-state index contributed by atoms with van der Waals surface area (Å²) >= 11 is 10.5. The van der Waals surface area contributed by atoms with Crippen LogP contribution in [0.15, 0.2) is 22.0 Å². The van der Waals surface area contributed by atoms with Crippen molar-refractivity contribution in [2.75, 3.05) is 0 Å². The van der Waals surface area contributed by atoms with E-state index in [1.54, 1.807) is 12.1 Å². The molecule has 0 radical (unpaired) electrons.